The zero-order chi connectivity index (χ0) is 13.7. The molecule has 0 aromatic carbocycles. The van der Waals surface area contributed by atoms with Gasteiger partial charge in [0.05, 0.1) is 10.3 Å². The molecule has 0 aliphatic carbocycles. The minimum absolute atomic E-state index is 0.0494. The van der Waals surface area contributed by atoms with Gasteiger partial charge in [-0.15, -0.1) is 11.3 Å². The lowest BCUT2D eigenvalue weighted by Gasteiger charge is -2.14. The molecule has 0 atom stereocenters. The number of carbonyl (C=O) groups is 1. The Bertz CT molecular complexity index is 512. The summed E-state index contributed by atoms with van der Waals surface area (Å²) in [4.78, 5) is 13.7. The summed E-state index contributed by atoms with van der Waals surface area (Å²) in [5.74, 6) is -0.241. The lowest BCUT2D eigenvalue weighted by molar-refractivity contribution is -0.116. The number of thiophene rings is 1. The number of hydrogen-bond donors (Lipinski definition) is 1. The average Bonchev–Trinajstić information content (AvgIpc) is 2.63. The van der Waals surface area contributed by atoms with Crippen LogP contribution < -0.4 is 5.73 Å². The second-order valence-electron chi connectivity index (χ2n) is 4.02. The van der Waals surface area contributed by atoms with Gasteiger partial charge in [-0.2, -0.15) is 5.26 Å². The number of nitriles is 1. The largest absolute Gasteiger partial charge is 0.401 e. The molecule has 0 unspecified atom stereocenters. The van der Waals surface area contributed by atoms with Gasteiger partial charge in [0.1, 0.15) is 11.6 Å². The number of nitrogens with zero attached hydrogens (tertiary/aromatic N) is 2. The van der Waals surface area contributed by atoms with Gasteiger partial charge < -0.3 is 5.73 Å². The van der Waals surface area contributed by atoms with Crippen molar-refractivity contribution in [1.29, 1.82) is 5.26 Å². The van der Waals surface area contributed by atoms with Crippen LogP contribution >= 0.6 is 27.3 Å². The first-order valence-electron chi connectivity index (χ1n) is 5.25. The lowest BCUT2D eigenvalue weighted by Crippen LogP contribution is -2.27. The fourth-order valence-corrected chi connectivity index (χ4v) is 2.69. The molecule has 0 radical (unpaired) electrons. The highest BCUT2D eigenvalue weighted by Gasteiger charge is 2.14. The van der Waals surface area contributed by atoms with E-state index >= 15 is 0 Å². The summed E-state index contributed by atoms with van der Waals surface area (Å²) in [5.41, 5.74) is 6.95. The monoisotopic (exact) mass is 327 g/mol. The minimum atomic E-state index is -0.241. The van der Waals surface area contributed by atoms with Gasteiger partial charge in [0.25, 0.3) is 0 Å². The number of Topliss-reactive ketones (excluding diaryl/α,β-unsaturated/α-hetero) is 1. The summed E-state index contributed by atoms with van der Waals surface area (Å²) in [6.45, 7) is 2.41. The van der Waals surface area contributed by atoms with Crippen molar-refractivity contribution in [2.75, 3.05) is 13.6 Å². The molecule has 4 nitrogen and oxygen atoms in total. The summed E-state index contributed by atoms with van der Waals surface area (Å²) in [6, 6.07) is 3.86. The number of carbonyl (C=O) groups excluding carboxylic acids is 1. The third-order valence-electron chi connectivity index (χ3n) is 2.27. The standard InChI is InChI=1S/C12H14BrN3OS/c1-8(15)10(4-14)11(17)6-16(2)5-9-3-12(13)18-7-9/h3,7H,5-6,15H2,1-2H3/b10-8+. The predicted octanol–water partition coefficient (Wildman–Crippen LogP) is 2.27. The molecule has 0 saturated heterocycles. The summed E-state index contributed by atoms with van der Waals surface area (Å²) >= 11 is 5.00. The van der Waals surface area contributed by atoms with Crippen LogP contribution in [0.1, 0.15) is 12.5 Å². The topological polar surface area (TPSA) is 70.1 Å². The number of ketones is 1. The number of nitrogens with two attached hydrogens (primary N) is 1. The van der Waals surface area contributed by atoms with E-state index in [0.717, 1.165) is 9.35 Å². The van der Waals surface area contributed by atoms with E-state index in [0.29, 0.717) is 6.54 Å². The van der Waals surface area contributed by atoms with Gasteiger partial charge in [0.15, 0.2) is 5.78 Å². The van der Waals surface area contributed by atoms with Gasteiger partial charge in [-0.1, -0.05) is 0 Å². The zero-order valence-electron chi connectivity index (χ0n) is 10.2. The molecule has 6 heteroatoms. The third kappa shape index (κ3) is 4.26. The van der Waals surface area contributed by atoms with Crippen LogP contribution in [0.5, 0.6) is 0 Å². The third-order valence-corrected chi connectivity index (χ3v) is 3.83. The molecule has 18 heavy (non-hydrogen) atoms. The zero-order valence-corrected chi connectivity index (χ0v) is 12.6. The van der Waals surface area contributed by atoms with E-state index in [1.165, 1.54) is 0 Å². The van der Waals surface area contributed by atoms with Crippen molar-refractivity contribution in [2.45, 2.75) is 13.5 Å². The molecular weight excluding hydrogens is 314 g/mol. The first kappa shape index (κ1) is 14.9. The Morgan fingerprint density at radius 3 is 2.78 bits per heavy atom. The van der Waals surface area contributed by atoms with Crippen molar-refractivity contribution in [3.05, 3.63) is 32.1 Å². The molecule has 1 aromatic heterocycles. The van der Waals surface area contributed by atoms with E-state index < -0.39 is 0 Å². The van der Waals surface area contributed by atoms with Crippen LogP contribution in [-0.4, -0.2) is 24.3 Å². The van der Waals surface area contributed by atoms with Crippen molar-refractivity contribution in [1.82, 2.24) is 4.90 Å². The Labute approximate surface area is 119 Å². The smallest absolute Gasteiger partial charge is 0.189 e. The van der Waals surface area contributed by atoms with Crippen LogP contribution in [0.15, 0.2) is 26.5 Å². The summed E-state index contributed by atoms with van der Waals surface area (Å²) in [5, 5.41) is 10.9. The molecule has 0 saturated carbocycles. The Morgan fingerprint density at radius 2 is 2.33 bits per heavy atom. The van der Waals surface area contributed by atoms with E-state index in [9.17, 15) is 4.79 Å². The molecule has 0 amide bonds. The van der Waals surface area contributed by atoms with Gasteiger partial charge in [-0.05, 0) is 46.9 Å². The van der Waals surface area contributed by atoms with Crippen LogP contribution in [0.25, 0.3) is 0 Å². The van der Waals surface area contributed by atoms with Crippen LogP contribution in [0.4, 0.5) is 0 Å². The van der Waals surface area contributed by atoms with Gasteiger partial charge in [0.2, 0.25) is 0 Å². The normalized spacial score (nSPS) is 12.2. The van der Waals surface area contributed by atoms with Crippen LogP contribution in [0, 0.1) is 11.3 Å². The van der Waals surface area contributed by atoms with Crippen molar-refractivity contribution < 1.29 is 4.79 Å². The maximum atomic E-state index is 11.8. The number of rotatable bonds is 5. The Morgan fingerprint density at radius 1 is 1.67 bits per heavy atom. The molecule has 1 heterocycles. The SMILES string of the molecule is C/C(N)=C(/C#N)C(=O)CN(C)Cc1csc(Br)c1. The van der Waals surface area contributed by atoms with Gasteiger partial charge in [-0.3, -0.25) is 9.69 Å². The summed E-state index contributed by atoms with van der Waals surface area (Å²) in [7, 11) is 1.84. The molecular formula is C12H14BrN3OS. The fraction of sp³-hybridized carbons (Fsp3) is 0.333. The second-order valence-corrected chi connectivity index (χ2v) is 6.31. The molecule has 0 aliphatic rings. The van der Waals surface area contributed by atoms with E-state index in [-0.39, 0.29) is 23.6 Å². The highest BCUT2D eigenvalue weighted by atomic mass is 79.9. The minimum Gasteiger partial charge on any atom is -0.401 e. The highest BCUT2D eigenvalue weighted by Crippen LogP contribution is 2.21. The molecule has 0 spiro atoms. The Hall–Kier alpha value is -1.16. The van der Waals surface area contributed by atoms with E-state index in [1.54, 1.807) is 18.3 Å². The summed E-state index contributed by atoms with van der Waals surface area (Å²) in [6.07, 6.45) is 0. The van der Waals surface area contributed by atoms with Crippen molar-refractivity contribution >= 4 is 33.0 Å². The second kappa shape index (κ2) is 6.69. The number of hydrogen-bond acceptors (Lipinski definition) is 5. The molecule has 1 aromatic rings. The lowest BCUT2D eigenvalue weighted by atomic mass is 10.1. The van der Waals surface area contributed by atoms with E-state index in [4.69, 9.17) is 11.0 Å². The predicted molar refractivity (Wildman–Crippen MR) is 75.9 cm³/mol. The number of halogens is 1. The van der Waals surface area contributed by atoms with E-state index in [1.807, 2.05) is 29.5 Å². The average molecular weight is 328 g/mol. The maximum absolute atomic E-state index is 11.8. The quantitative estimate of drug-likeness (QED) is 0.665. The van der Waals surface area contributed by atoms with Gasteiger partial charge in [-0.25, -0.2) is 0 Å². The van der Waals surface area contributed by atoms with Crippen LogP contribution in [0.3, 0.4) is 0 Å². The number of likely N-dealkylation sites (N-methyl/N-ethyl adjacent to an activating group) is 1. The molecule has 1 rings (SSSR count). The van der Waals surface area contributed by atoms with Crippen molar-refractivity contribution in [2.24, 2.45) is 5.73 Å². The van der Waals surface area contributed by atoms with E-state index in [2.05, 4.69) is 15.9 Å². The molecule has 0 aliphatic heterocycles. The van der Waals surface area contributed by atoms with Gasteiger partial charge in [0, 0.05) is 12.2 Å². The van der Waals surface area contributed by atoms with Crippen molar-refractivity contribution in [3.8, 4) is 6.07 Å². The van der Waals surface area contributed by atoms with Crippen LogP contribution in [-0.2, 0) is 11.3 Å². The summed E-state index contributed by atoms with van der Waals surface area (Å²) < 4.78 is 1.06. The first-order valence-corrected chi connectivity index (χ1v) is 6.92. The number of allylic oxidation sites excluding steroid dienone is 1. The molecule has 96 valence electrons. The van der Waals surface area contributed by atoms with Crippen LogP contribution in [0.2, 0.25) is 0 Å². The fourth-order valence-electron chi connectivity index (χ4n) is 1.49. The van der Waals surface area contributed by atoms with Gasteiger partial charge >= 0.3 is 0 Å². The Kier molecular flexibility index (Phi) is 5.54. The Balaban J connectivity index is 2.61. The molecule has 0 bridgehead atoms. The molecule has 2 N–H and O–H groups in total. The highest BCUT2D eigenvalue weighted by molar-refractivity contribution is 9.11. The van der Waals surface area contributed by atoms with Crippen molar-refractivity contribution in [3.63, 3.8) is 0 Å². The maximum Gasteiger partial charge on any atom is 0.189 e. The molecule has 0 fully saturated rings. The first-order chi connectivity index (χ1) is 8.43.